The molecule has 0 saturated carbocycles. The van der Waals surface area contributed by atoms with Gasteiger partial charge in [-0.25, -0.2) is 4.39 Å². The third kappa shape index (κ3) is 5.98. The van der Waals surface area contributed by atoms with Gasteiger partial charge in [0, 0.05) is 0 Å². The van der Waals surface area contributed by atoms with E-state index in [9.17, 15) is 27.2 Å². The minimum atomic E-state index is -4.65. The number of esters is 1. The van der Waals surface area contributed by atoms with Crippen molar-refractivity contribution in [2.45, 2.75) is 39.4 Å². The molecule has 0 saturated heterocycles. The van der Waals surface area contributed by atoms with Crippen molar-refractivity contribution >= 4 is 17.6 Å². The average Bonchev–Trinajstić information content (AvgIpc) is 2.55. The second-order valence-electron chi connectivity index (χ2n) is 6.02. The van der Waals surface area contributed by atoms with Gasteiger partial charge < -0.3 is 15.8 Å². The first-order valence-corrected chi connectivity index (χ1v) is 8.05. The van der Waals surface area contributed by atoms with Crippen molar-refractivity contribution in [3.63, 3.8) is 0 Å². The van der Waals surface area contributed by atoms with Crippen LogP contribution in [0.2, 0.25) is 0 Å². The molecule has 3 atom stereocenters. The smallest absolute Gasteiger partial charge is 0.393 e. The fraction of sp³-hybridized carbons (Fsp3) is 0.529. The van der Waals surface area contributed by atoms with E-state index < -0.39 is 41.7 Å². The molecule has 0 fully saturated rings. The van der Waals surface area contributed by atoms with Gasteiger partial charge in [0.2, 0.25) is 5.91 Å². The van der Waals surface area contributed by atoms with Crippen LogP contribution in [0.25, 0.3) is 0 Å². The molecule has 9 heteroatoms. The molecule has 5 nitrogen and oxygen atoms in total. The number of rotatable bonds is 7. The van der Waals surface area contributed by atoms with Crippen LogP contribution in [0.3, 0.4) is 0 Å². The molecular formula is C17H22F4N2O3. The molecule has 1 amide bonds. The highest BCUT2D eigenvalue weighted by molar-refractivity contribution is 5.95. The standard InChI is InChI=1S/C17H22F4N2O3/c1-4-26-16(25)9(2)7-11-5-6-12(18)13(8-11)23-15(24)14(22)10(3)17(19,20)21/h5-6,8-10,14H,4,7,22H2,1-3H3,(H,23,24)/t9-,10?,14?/m0/s1. The maximum absolute atomic E-state index is 13.9. The molecule has 0 aliphatic heterocycles. The summed E-state index contributed by atoms with van der Waals surface area (Å²) in [5, 5.41) is 2.08. The van der Waals surface area contributed by atoms with E-state index in [0.29, 0.717) is 5.56 Å². The van der Waals surface area contributed by atoms with Crippen LogP contribution in [-0.2, 0) is 20.7 Å². The minimum absolute atomic E-state index is 0.215. The van der Waals surface area contributed by atoms with Crippen LogP contribution in [0.15, 0.2) is 18.2 Å². The van der Waals surface area contributed by atoms with Gasteiger partial charge in [0.15, 0.2) is 0 Å². The quantitative estimate of drug-likeness (QED) is 0.565. The maximum Gasteiger partial charge on any atom is 0.393 e. The van der Waals surface area contributed by atoms with Crippen LogP contribution in [0.5, 0.6) is 0 Å². The molecule has 26 heavy (non-hydrogen) atoms. The predicted molar refractivity (Wildman–Crippen MR) is 87.7 cm³/mol. The summed E-state index contributed by atoms with van der Waals surface area (Å²) in [6.07, 6.45) is -4.43. The first kappa shape index (κ1) is 21.9. The number of carbonyl (C=O) groups excluding carboxylic acids is 2. The van der Waals surface area contributed by atoms with Gasteiger partial charge >= 0.3 is 12.1 Å². The normalized spacial score (nSPS) is 15.1. The van der Waals surface area contributed by atoms with E-state index in [1.54, 1.807) is 13.8 Å². The Balaban J connectivity index is 2.87. The summed E-state index contributed by atoms with van der Waals surface area (Å²) in [5.41, 5.74) is 5.54. The predicted octanol–water partition coefficient (Wildman–Crippen LogP) is 3.03. The summed E-state index contributed by atoms with van der Waals surface area (Å²) in [6, 6.07) is 1.85. The molecular weight excluding hydrogens is 356 g/mol. The molecule has 3 N–H and O–H groups in total. The van der Waals surface area contributed by atoms with Gasteiger partial charge in [0.25, 0.3) is 0 Å². The number of nitrogens with two attached hydrogens (primary N) is 1. The van der Waals surface area contributed by atoms with Crippen LogP contribution in [0, 0.1) is 17.7 Å². The third-order valence-corrected chi connectivity index (χ3v) is 3.88. The van der Waals surface area contributed by atoms with Crippen molar-refractivity contribution in [2.75, 3.05) is 11.9 Å². The minimum Gasteiger partial charge on any atom is -0.466 e. The van der Waals surface area contributed by atoms with Crippen LogP contribution in [0.1, 0.15) is 26.3 Å². The van der Waals surface area contributed by atoms with E-state index in [1.807, 2.05) is 0 Å². The van der Waals surface area contributed by atoms with E-state index in [4.69, 9.17) is 10.5 Å². The highest BCUT2D eigenvalue weighted by Crippen LogP contribution is 2.28. The number of ether oxygens (including phenoxy) is 1. The largest absolute Gasteiger partial charge is 0.466 e. The zero-order chi connectivity index (χ0) is 20.1. The summed E-state index contributed by atoms with van der Waals surface area (Å²) >= 11 is 0. The van der Waals surface area contributed by atoms with Gasteiger partial charge in [0.1, 0.15) is 5.82 Å². The number of halogens is 4. The molecule has 0 aliphatic carbocycles. The molecule has 0 bridgehead atoms. The first-order valence-electron chi connectivity index (χ1n) is 8.05. The lowest BCUT2D eigenvalue weighted by Gasteiger charge is -2.22. The number of anilines is 1. The number of hydrogen-bond donors (Lipinski definition) is 2. The average molecular weight is 378 g/mol. The lowest BCUT2D eigenvalue weighted by molar-refractivity contribution is -0.176. The molecule has 0 aliphatic rings. The van der Waals surface area contributed by atoms with Gasteiger partial charge in [-0.15, -0.1) is 0 Å². The number of amides is 1. The highest BCUT2D eigenvalue weighted by Gasteiger charge is 2.42. The highest BCUT2D eigenvalue weighted by atomic mass is 19.4. The molecule has 1 rings (SSSR count). The molecule has 1 aromatic carbocycles. The fourth-order valence-electron chi connectivity index (χ4n) is 2.16. The van der Waals surface area contributed by atoms with Crippen molar-refractivity contribution in [1.29, 1.82) is 0 Å². The Morgan fingerprint density at radius 3 is 2.42 bits per heavy atom. The molecule has 0 heterocycles. The summed E-state index contributed by atoms with van der Waals surface area (Å²) in [6.45, 7) is 4.29. The monoisotopic (exact) mass is 378 g/mol. The van der Waals surface area contributed by atoms with Crippen molar-refractivity contribution in [3.8, 4) is 0 Å². The summed E-state index contributed by atoms with van der Waals surface area (Å²) < 4.78 is 56.7. The van der Waals surface area contributed by atoms with Gasteiger partial charge in [0.05, 0.1) is 30.2 Å². The number of benzene rings is 1. The van der Waals surface area contributed by atoms with E-state index in [0.717, 1.165) is 13.0 Å². The zero-order valence-electron chi connectivity index (χ0n) is 14.7. The van der Waals surface area contributed by atoms with Crippen molar-refractivity contribution in [3.05, 3.63) is 29.6 Å². The van der Waals surface area contributed by atoms with Crippen molar-refractivity contribution in [2.24, 2.45) is 17.6 Å². The summed E-state index contributed by atoms with van der Waals surface area (Å²) in [7, 11) is 0. The second kappa shape index (κ2) is 8.98. The summed E-state index contributed by atoms with van der Waals surface area (Å²) in [4.78, 5) is 23.5. The lowest BCUT2D eigenvalue weighted by Crippen LogP contribution is -2.46. The molecule has 146 valence electrons. The Bertz CT molecular complexity index is 649. The van der Waals surface area contributed by atoms with E-state index in [1.165, 1.54) is 12.1 Å². The van der Waals surface area contributed by atoms with Gasteiger partial charge in [-0.1, -0.05) is 19.9 Å². The van der Waals surface area contributed by atoms with E-state index >= 15 is 0 Å². The SMILES string of the molecule is CCOC(=O)[C@@H](C)Cc1ccc(F)c(NC(=O)C(N)C(C)C(F)(F)F)c1. The molecule has 2 unspecified atom stereocenters. The Hall–Kier alpha value is -2.16. The van der Waals surface area contributed by atoms with E-state index in [-0.39, 0.29) is 18.7 Å². The van der Waals surface area contributed by atoms with Gasteiger partial charge in [-0.2, -0.15) is 13.2 Å². The number of carbonyl (C=O) groups is 2. The number of nitrogens with one attached hydrogen (secondary N) is 1. The maximum atomic E-state index is 13.9. The van der Waals surface area contributed by atoms with Crippen LogP contribution >= 0.6 is 0 Å². The molecule has 0 spiro atoms. The summed E-state index contributed by atoms with van der Waals surface area (Å²) in [5.74, 6) is -4.99. The number of hydrogen-bond acceptors (Lipinski definition) is 4. The molecule has 1 aromatic rings. The Kier molecular flexibility index (Phi) is 7.55. The first-order chi connectivity index (χ1) is 12.0. The van der Waals surface area contributed by atoms with Crippen LogP contribution in [0.4, 0.5) is 23.2 Å². The second-order valence-corrected chi connectivity index (χ2v) is 6.02. The fourth-order valence-corrected chi connectivity index (χ4v) is 2.16. The Morgan fingerprint density at radius 1 is 1.27 bits per heavy atom. The Labute approximate surface area is 148 Å². The van der Waals surface area contributed by atoms with E-state index in [2.05, 4.69) is 5.32 Å². The molecule has 0 radical (unpaired) electrons. The van der Waals surface area contributed by atoms with Crippen LogP contribution in [-0.4, -0.2) is 30.7 Å². The van der Waals surface area contributed by atoms with Crippen molar-refractivity contribution < 1.29 is 31.9 Å². The topological polar surface area (TPSA) is 81.4 Å². The zero-order valence-corrected chi connectivity index (χ0v) is 14.7. The third-order valence-electron chi connectivity index (χ3n) is 3.88. The van der Waals surface area contributed by atoms with Crippen LogP contribution < -0.4 is 11.1 Å². The molecule has 0 aromatic heterocycles. The number of alkyl halides is 3. The lowest BCUT2D eigenvalue weighted by atomic mass is 9.99. The van der Waals surface area contributed by atoms with Gasteiger partial charge in [-0.05, 0) is 31.0 Å². The van der Waals surface area contributed by atoms with Crippen molar-refractivity contribution in [1.82, 2.24) is 0 Å². The van der Waals surface area contributed by atoms with Gasteiger partial charge in [-0.3, -0.25) is 9.59 Å². The Morgan fingerprint density at radius 2 is 1.88 bits per heavy atom.